The Labute approximate surface area is 119 Å². The molecule has 0 aliphatic carbocycles. The highest BCUT2D eigenvalue weighted by molar-refractivity contribution is 5.74. The molecule has 0 bridgehead atoms. The van der Waals surface area contributed by atoms with Gasteiger partial charge in [-0.05, 0) is 36.0 Å². The average Bonchev–Trinajstić information content (AvgIpc) is 2.74. The van der Waals surface area contributed by atoms with E-state index in [-0.39, 0.29) is 17.2 Å². The first-order valence-electron chi connectivity index (χ1n) is 7.29. The summed E-state index contributed by atoms with van der Waals surface area (Å²) in [6.07, 6.45) is 1.89. The van der Waals surface area contributed by atoms with Crippen LogP contribution in [0.2, 0.25) is 0 Å². The van der Waals surface area contributed by atoms with E-state index in [9.17, 15) is 4.79 Å². The van der Waals surface area contributed by atoms with Crippen LogP contribution in [0.15, 0.2) is 27.4 Å². The van der Waals surface area contributed by atoms with Crippen LogP contribution < -0.4 is 11.5 Å². The Balaban J connectivity index is 2.48. The summed E-state index contributed by atoms with van der Waals surface area (Å²) in [5, 5.41) is 0. The molecule has 0 saturated heterocycles. The van der Waals surface area contributed by atoms with Gasteiger partial charge in [0, 0.05) is 12.6 Å². The van der Waals surface area contributed by atoms with Crippen molar-refractivity contribution in [3.63, 3.8) is 0 Å². The third-order valence-electron chi connectivity index (χ3n) is 4.25. The molecule has 4 heteroatoms. The van der Waals surface area contributed by atoms with Gasteiger partial charge in [0.1, 0.15) is 0 Å². The minimum Gasteiger partial charge on any atom is -0.408 e. The Morgan fingerprint density at radius 2 is 2.05 bits per heavy atom. The second-order valence-electron chi connectivity index (χ2n) is 6.07. The molecule has 2 aromatic rings. The van der Waals surface area contributed by atoms with Crippen molar-refractivity contribution < 1.29 is 4.42 Å². The molecule has 110 valence electrons. The molecule has 4 nitrogen and oxygen atoms in total. The summed E-state index contributed by atoms with van der Waals surface area (Å²) in [7, 11) is 0. The van der Waals surface area contributed by atoms with Crippen LogP contribution >= 0.6 is 0 Å². The second-order valence-corrected chi connectivity index (χ2v) is 6.07. The molecule has 0 radical (unpaired) electrons. The van der Waals surface area contributed by atoms with Crippen molar-refractivity contribution in [2.45, 2.75) is 53.1 Å². The van der Waals surface area contributed by atoms with Crippen molar-refractivity contribution in [3.8, 4) is 0 Å². The zero-order chi connectivity index (χ0) is 14.9. The fraction of sp³-hybridized carbons (Fsp3) is 0.562. The van der Waals surface area contributed by atoms with Crippen LogP contribution in [0.5, 0.6) is 0 Å². The maximum absolute atomic E-state index is 11.8. The molecule has 0 fully saturated rings. The highest BCUT2D eigenvalue weighted by Crippen LogP contribution is 2.35. The lowest BCUT2D eigenvalue weighted by atomic mass is 9.79. The Hall–Kier alpha value is -1.55. The predicted molar refractivity (Wildman–Crippen MR) is 81.8 cm³/mol. The van der Waals surface area contributed by atoms with Gasteiger partial charge in [-0.3, -0.25) is 4.57 Å². The minimum absolute atomic E-state index is 0.0138. The lowest BCUT2D eigenvalue weighted by Crippen LogP contribution is -2.28. The number of fused-ring (bicyclic) bond motifs is 1. The number of hydrogen-bond donors (Lipinski definition) is 1. The average molecular weight is 276 g/mol. The summed E-state index contributed by atoms with van der Waals surface area (Å²) >= 11 is 0. The predicted octanol–water partition coefficient (Wildman–Crippen LogP) is 3.44. The number of nitrogens with two attached hydrogens (primary N) is 1. The fourth-order valence-electron chi connectivity index (χ4n) is 2.38. The smallest absolute Gasteiger partial charge is 0.408 e. The summed E-state index contributed by atoms with van der Waals surface area (Å²) in [4.78, 5) is 11.8. The topological polar surface area (TPSA) is 61.2 Å². The maximum Gasteiger partial charge on any atom is 0.419 e. The Morgan fingerprint density at radius 1 is 1.35 bits per heavy atom. The van der Waals surface area contributed by atoms with Crippen molar-refractivity contribution in [3.05, 3.63) is 34.3 Å². The Morgan fingerprint density at radius 3 is 2.65 bits per heavy atom. The highest BCUT2D eigenvalue weighted by Gasteiger charge is 2.26. The van der Waals surface area contributed by atoms with Crippen LogP contribution in [0.3, 0.4) is 0 Å². The van der Waals surface area contributed by atoms with Gasteiger partial charge < -0.3 is 10.2 Å². The van der Waals surface area contributed by atoms with Crippen molar-refractivity contribution in [2.75, 3.05) is 0 Å². The maximum atomic E-state index is 11.8. The van der Waals surface area contributed by atoms with E-state index in [0.29, 0.717) is 12.1 Å². The summed E-state index contributed by atoms with van der Waals surface area (Å²) in [6, 6.07) is 5.78. The van der Waals surface area contributed by atoms with Gasteiger partial charge in [-0.1, -0.05) is 33.8 Å². The monoisotopic (exact) mass is 276 g/mol. The molecule has 0 saturated carbocycles. The first kappa shape index (κ1) is 14.9. The molecular formula is C16H24N2O2. The number of benzene rings is 1. The normalized spacial score (nSPS) is 13.8. The molecule has 2 N–H and O–H groups in total. The molecule has 1 aromatic carbocycles. The molecule has 1 heterocycles. The van der Waals surface area contributed by atoms with Crippen LogP contribution in [-0.2, 0) is 6.54 Å². The van der Waals surface area contributed by atoms with Gasteiger partial charge >= 0.3 is 5.76 Å². The number of hydrogen-bond acceptors (Lipinski definition) is 3. The standard InChI is InChI=1S/C16H24N2O2/c1-5-9-18-12-8-7-11(10-13(12)20-15(18)19)14(17)16(3,4)6-2/h7-8,10,14H,5-6,9,17H2,1-4H3. The third-order valence-corrected chi connectivity index (χ3v) is 4.25. The molecule has 0 amide bonds. The van der Waals surface area contributed by atoms with Crippen molar-refractivity contribution in [1.29, 1.82) is 0 Å². The van der Waals surface area contributed by atoms with Gasteiger partial charge in [0.15, 0.2) is 5.58 Å². The van der Waals surface area contributed by atoms with Crippen LogP contribution in [0, 0.1) is 5.41 Å². The summed E-state index contributed by atoms with van der Waals surface area (Å²) in [5.74, 6) is -0.290. The van der Waals surface area contributed by atoms with Gasteiger partial charge in [0.25, 0.3) is 0 Å². The molecule has 0 aliphatic heterocycles. The molecule has 2 rings (SSSR count). The van der Waals surface area contributed by atoms with E-state index in [1.54, 1.807) is 4.57 Å². The number of oxazole rings is 1. The first-order chi connectivity index (χ1) is 9.40. The van der Waals surface area contributed by atoms with E-state index in [2.05, 4.69) is 20.8 Å². The van der Waals surface area contributed by atoms with Crippen LogP contribution in [0.25, 0.3) is 11.1 Å². The van der Waals surface area contributed by atoms with E-state index in [1.807, 2.05) is 25.1 Å². The minimum atomic E-state index is -0.290. The van der Waals surface area contributed by atoms with Crippen molar-refractivity contribution in [2.24, 2.45) is 11.1 Å². The van der Waals surface area contributed by atoms with Gasteiger partial charge in [-0.2, -0.15) is 0 Å². The van der Waals surface area contributed by atoms with E-state index in [0.717, 1.165) is 23.9 Å². The number of rotatable bonds is 5. The Bertz CT molecular complexity index is 652. The Kier molecular flexibility index (Phi) is 4.04. The van der Waals surface area contributed by atoms with Gasteiger partial charge in [-0.15, -0.1) is 0 Å². The summed E-state index contributed by atoms with van der Waals surface area (Å²) in [6.45, 7) is 9.16. The van der Waals surface area contributed by atoms with Gasteiger partial charge in [-0.25, -0.2) is 4.79 Å². The van der Waals surface area contributed by atoms with E-state index in [1.165, 1.54) is 0 Å². The summed E-state index contributed by atoms with van der Waals surface area (Å²) in [5.41, 5.74) is 8.86. The zero-order valence-corrected chi connectivity index (χ0v) is 12.8. The van der Waals surface area contributed by atoms with E-state index < -0.39 is 0 Å². The van der Waals surface area contributed by atoms with Gasteiger partial charge in [0.05, 0.1) is 5.52 Å². The van der Waals surface area contributed by atoms with Gasteiger partial charge in [0.2, 0.25) is 0 Å². The molecule has 0 aliphatic rings. The molecule has 1 atom stereocenters. The molecule has 20 heavy (non-hydrogen) atoms. The number of aryl methyl sites for hydroxylation is 1. The first-order valence-corrected chi connectivity index (χ1v) is 7.29. The molecule has 0 spiro atoms. The molecule has 1 unspecified atom stereocenters. The summed E-state index contributed by atoms with van der Waals surface area (Å²) < 4.78 is 7.02. The lowest BCUT2D eigenvalue weighted by molar-refractivity contribution is 0.278. The number of nitrogens with zero attached hydrogens (tertiary/aromatic N) is 1. The lowest BCUT2D eigenvalue weighted by Gasteiger charge is -2.30. The van der Waals surface area contributed by atoms with Crippen molar-refractivity contribution in [1.82, 2.24) is 4.57 Å². The van der Waals surface area contributed by atoms with Crippen LogP contribution in [0.4, 0.5) is 0 Å². The molecular weight excluding hydrogens is 252 g/mol. The zero-order valence-electron chi connectivity index (χ0n) is 12.8. The second kappa shape index (κ2) is 5.44. The largest absolute Gasteiger partial charge is 0.419 e. The van der Waals surface area contributed by atoms with Crippen LogP contribution in [-0.4, -0.2) is 4.57 Å². The van der Waals surface area contributed by atoms with Crippen LogP contribution in [0.1, 0.15) is 52.1 Å². The number of aromatic nitrogens is 1. The quantitative estimate of drug-likeness (QED) is 0.910. The van der Waals surface area contributed by atoms with Crippen molar-refractivity contribution >= 4 is 11.1 Å². The van der Waals surface area contributed by atoms with E-state index in [4.69, 9.17) is 10.2 Å². The molecule has 1 aromatic heterocycles. The highest BCUT2D eigenvalue weighted by atomic mass is 16.4. The fourth-order valence-corrected chi connectivity index (χ4v) is 2.38. The third kappa shape index (κ3) is 2.52. The SMILES string of the molecule is CCCn1c(=O)oc2cc(C(N)C(C)(C)CC)ccc21. The van der Waals surface area contributed by atoms with E-state index >= 15 is 0 Å².